The molecule has 1 fully saturated rings. The molecule has 4 N–H and O–H groups in total. The molecule has 25 heavy (non-hydrogen) atoms. The lowest BCUT2D eigenvalue weighted by Crippen LogP contribution is -2.63. The van der Waals surface area contributed by atoms with E-state index in [9.17, 15) is 19.8 Å². The molecule has 3 unspecified atom stereocenters. The standard InChI is InChI=1S/C16H22N4O4S/c1-9(21)11-12-10(4-2-6-19-8-18)14(25-7-3-5-17)13(16(23)24)20(12)15(11)22/h8-12,21H,2-4,6-7H2,1H3,(H2,18,19)(H,23,24)/t9-,10?,11?,12?/m1/s1. The van der Waals surface area contributed by atoms with Crippen molar-refractivity contribution < 1.29 is 19.8 Å². The largest absolute Gasteiger partial charge is 0.477 e. The van der Waals surface area contributed by atoms with Gasteiger partial charge in [0.05, 0.1) is 30.5 Å². The summed E-state index contributed by atoms with van der Waals surface area (Å²) in [4.78, 5) is 26.0. The molecule has 0 bridgehead atoms. The monoisotopic (exact) mass is 366 g/mol. The highest BCUT2D eigenvalue weighted by molar-refractivity contribution is 8.03. The van der Waals surface area contributed by atoms with Gasteiger partial charge < -0.3 is 20.4 Å². The van der Waals surface area contributed by atoms with Gasteiger partial charge in [-0.15, -0.1) is 11.8 Å². The summed E-state index contributed by atoms with van der Waals surface area (Å²) in [5.74, 6) is -1.80. The Morgan fingerprint density at radius 1 is 1.60 bits per heavy atom. The van der Waals surface area contributed by atoms with E-state index < -0.39 is 18.0 Å². The third kappa shape index (κ3) is 3.65. The lowest BCUT2D eigenvalue weighted by atomic mass is 9.77. The van der Waals surface area contributed by atoms with Crippen LogP contribution < -0.4 is 5.32 Å². The molecule has 2 rings (SSSR count). The number of thioether (sulfide) groups is 1. The van der Waals surface area contributed by atoms with E-state index in [4.69, 9.17) is 10.7 Å². The van der Waals surface area contributed by atoms with E-state index in [0.717, 1.165) is 6.34 Å². The quantitative estimate of drug-likeness (QED) is 0.194. The van der Waals surface area contributed by atoms with Crippen LogP contribution in [0.4, 0.5) is 0 Å². The molecule has 0 aromatic carbocycles. The Kier molecular flexibility index (Phi) is 6.45. The SMILES string of the molecule is C[C@@H](O)C1C(=O)N2C(C(=O)O)=C(SCCC#N)C(CCCNC=N)C12. The summed E-state index contributed by atoms with van der Waals surface area (Å²) in [5, 5.41) is 38.0. The second-order valence-corrected chi connectivity index (χ2v) is 7.22. The van der Waals surface area contributed by atoms with Crippen molar-refractivity contribution in [2.24, 2.45) is 11.8 Å². The fourth-order valence-electron chi connectivity index (χ4n) is 3.55. The number of carbonyl (C=O) groups excluding carboxylic acids is 1. The van der Waals surface area contributed by atoms with Gasteiger partial charge in [0.2, 0.25) is 5.91 Å². The van der Waals surface area contributed by atoms with Gasteiger partial charge in [0, 0.05) is 29.5 Å². The number of rotatable bonds is 10. The molecule has 0 radical (unpaired) electrons. The fraction of sp³-hybridized carbons (Fsp3) is 0.625. The summed E-state index contributed by atoms with van der Waals surface area (Å²) in [6, 6.07) is 1.69. The van der Waals surface area contributed by atoms with E-state index in [1.165, 1.54) is 16.7 Å². The minimum atomic E-state index is -1.15. The highest BCUT2D eigenvalue weighted by Gasteiger charge is 2.60. The third-order valence-corrected chi connectivity index (χ3v) is 5.76. The average molecular weight is 366 g/mol. The maximum atomic E-state index is 12.4. The number of carboxylic acid groups (broad SMARTS) is 1. The molecule has 8 nitrogen and oxygen atoms in total. The zero-order valence-electron chi connectivity index (χ0n) is 13.9. The first-order chi connectivity index (χ1) is 12.0. The zero-order valence-corrected chi connectivity index (χ0v) is 14.8. The molecule has 2 aliphatic rings. The molecule has 0 aromatic rings. The number of nitrogens with zero attached hydrogens (tertiary/aromatic N) is 2. The molecule has 2 heterocycles. The number of carboxylic acids is 1. The molecular formula is C16H22N4O4S. The van der Waals surface area contributed by atoms with E-state index in [1.807, 2.05) is 6.07 Å². The summed E-state index contributed by atoms with van der Waals surface area (Å²) >= 11 is 1.32. The van der Waals surface area contributed by atoms with Gasteiger partial charge in [0.25, 0.3) is 0 Å². The van der Waals surface area contributed by atoms with Crippen LogP contribution in [0.1, 0.15) is 26.2 Å². The second kappa shape index (κ2) is 8.36. The van der Waals surface area contributed by atoms with E-state index >= 15 is 0 Å². The number of fused-ring (bicyclic) bond motifs is 1. The number of amides is 1. The van der Waals surface area contributed by atoms with Crippen molar-refractivity contribution in [2.45, 2.75) is 38.3 Å². The fourth-order valence-corrected chi connectivity index (χ4v) is 4.76. The van der Waals surface area contributed by atoms with Crippen LogP contribution in [0.3, 0.4) is 0 Å². The first-order valence-electron chi connectivity index (χ1n) is 8.16. The smallest absolute Gasteiger partial charge is 0.353 e. The maximum Gasteiger partial charge on any atom is 0.353 e. The Morgan fingerprint density at radius 3 is 2.88 bits per heavy atom. The minimum Gasteiger partial charge on any atom is -0.477 e. The summed E-state index contributed by atoms with van der Waals surface area (Å²) in [5.41, 5.74) is -0.000136. The van der Waals surface area contributed by atoms with Gasteiger partial charge in [-0.05, 0) is 19.8 Å². The van der Waals surface area contributed by atoms with E-state index in [-0.39, 0.29) is 23.6 Å². The maximum absolute atomic E-state index is 12.4. The van der Waals surface area contributed by atoms with Crippen LogP contribution in [-0.4, -0.2) is 57.8 Å². The van der Waals surface area contributed by atoms with Gasteiger partial charge in [-0.1, -0.05) is 0 Å². The first kappa shape index (κ1) is 19.3. The van der Waals surface area contributed by atoms with Gasteiger partial charge in [0.1, 0.15) is 5.70 Å². The van der Waals surface area contributed by atoms with Gasteiger partial charge in [-0.3, -0.25) is 10.2 Å². The van der Waals surface area contributed by atoms with Gasteiger partial charge in [0.15, 0.2) is 0 Å². The molecule has 0 aliphatic carbocycles. The summed E-state index contributed by atoms with van der Waals surface area (Å²) in [6.45, 7) is 2.13. The van der Waals surface area contributed by atoms with Crippen LogP contribution in [0.25, 0.3) is 0 Å². The third-order valence-electron chi connectivity index (χ3n) is 4.54. The molecular weight excluding hydrogens is 344 g/mol. The predicted octanol–water partition coefficient (Wildman–Crippen LogP) is 0.744. The topological polar surface area (TPSA) is 138 Å². The summed E-state index contributed by atoms with van der Waals surface area (Å²) < 4.78 is 0. The Balaban J connectivity index is 2.27. The van der Waals surface area contributed by atoms with Crippen molar-refractivity contribution >= 4 is 30.0 Å². The number of aliphatic hydroxyl groups is 1. The average Bonchev–Trinajstić information content (AvgIpc) is 2.82. The number of hydrogen-bond acceptors (Lipinski definition) is 6. The van der Waals surface area contributed by atoms with E-state index in [1.54, 1.807) is 6.92 Å². The van der Waals surface area contributed by atoms with Crippen LogP contribution in [0.5, 0.6) is 0 Å². The Labute approximate surface area is 150 Å². The van der Waals surface area contributed by atoms with Crippen molar-refractivity contribution in [1.82, 2.24) is 10.2 Å². The molecule has 0 saturated carbocycles. The summed E-state index contributed by atoms with van der Waals surface area (Å²) in [6.07, 6.45) is 1.91. The highest BCUT2D eigenvalue weighted by Crippen LogP contribution is 2.52. The first-order valence-corrected chi connectivity index (χ1v) is 9.14. The van der Waals surface area contributed by atoms with Crippen molar-refractivity contribution in [3.05, 3.63) is 10.6 Å². The predicted molar refractivity (Wildman–Crippen MR) is 92.7 cm³/mol. The molecule has 0 spiro atoms. The number of nitrogens with one attached hydrogen (secondary N) is 2. The molecule has 0 aromatic heterocycles. The van der Waals surface area contributed by atoms with Crippen LogP contribution in [-0.2, 0) is 9.59 Å². The number of carbonyl (C=O) groups is 2. The number of hydrogen-bond donors (Lipinski definition) is 4. The summed E-state index contributed by atoms with van der Waals surface area (Å²) in [7, 11) is 0. The van der Waals surface area contributed by atoms with Gasteiger partial charge >= 0.3 is 5.97 Å². The Hall–Kier alpha value is -2.05. The van der Waals surface area contributed by atoms with Crippen molar-refractivity contribution in [2.75, 3.05) is 12.3 Å². The molecule has 4 atom stereocenters. The Morgan fingerprint density at radius 2 is 2.32 bits per heavy atom. The molecule has 1 amide bonds. The van der Waals surface area contributed by atoms with E-state index in [2.05, 4.69) is 5.32 Å². The molecule has 2 aliphatic heterocycles. The molecule has 1 saturated heterocycles. The van der Waals surface area contributed by atoms with Crippen molar-refractivity contribution in [1.29, 1.82) is 10.7 Å². The van der Waals surface area contributed by atoms with E-state index in [0.29, 0.717) is 36.5 Å². The van der Waals surface area contributed by atoms with Crippen molar-refractivity contribution in [3.8, 4) is 6.07 Å². The lowest BCUT2D eigenvalue weighted by Gasteiger charge is -2.47. The van der Waals surface area contributed by atoms with Crippen LogP contribution in [0.15, 0.2) is 10.6 Å². The molecule has 9 heteroatoms. The van der Waals surface area contributed by atoms with Crippen LogP contribution >= 0.6 is 11.8 Å². The lowest BCUT2D eigenvalue weighted by molar-refractivity contribution is -0.163. The number of aliphatic carboxylic acids is 1. The number of nitriles is 1. The highest BCUT2D eigenvalue weighted by atomic mass is 32.2. The van der Waals surface area contributed by atoms with Crippen molar-refractivity contribution in [3.63, 3.8) is 0 Å². The van der Waals surface area contributed by atoms with Gasteiger partial charge in [-0.2, -0.15) is 5.26 Å². The zero-order chi connectivity index (χ0) is 18.6. The Bertz CT molecular complexity index is 628. The minimum absolute atomic E-state index is 0.000136. The number of aliphatic hydroxyl groups excluding tert-OH is 1. The van der Waals surface area contributed by atoms with Gasteiger partial charge in [-0.25, -0.2) is 4.79 Å². The second-order valence-electron chi connectivity index (χ2n) is 6.09. The van der Waals surface area contributed by atoms with Crippen LogP contribution in [0, 0.1) is 28.6 Å². The normalized spacial score (nSPS) is 25.9. The number of β-lactam (4-membered cyclic amide) rings is 1. The molecule has 136 valence electrons. The van der Waals surface area contributed by atoms with Crippen LogP contribution in [0.2, 0.25) is 0 Å².